The lowest BCUT2D eigenvalue weighted by molar-refractivity contribution is 0.683. The number of anilines is 1. The molecular formula is C11H14N2OS2. The van der Waals surface area contributed by atoms with Crippen LogP contribution in [0.4, 0.5) is 5.00 Å². The van der Waals surface area contributed by atoms with Gasteiger partial charge in [-0.1, -0.05) is 12.1 Å². The molecule has 0 fully saturated rings. The minimum Gasteiger partial charge on any atom is -0.372 e. The molecule has 16 heavy (non-hydrogen) atoms. The molecule has 0 radical (unpaired) electrons. The number of hydrogen-bond acceptors (Lipinski definition) is 4. The summed E-state index contributed by atoms with van der Waals surface area (Å²) < 4.78 is 15.5. The summed E-state index contributed by atoms with van der Waals surface area (Å²) in [5.74, 6) is 0.659. The summed E-state index contributed by atoms with van der Waals surface area (Å²) in [7, 11) is -0.769. The van der Waals surface area contributed by atoms with Crippen molar-refractivity contribution in [1.82, 2.24) is 4.37 Å². The molecule has 0 aliphatic rings. The monoisotopic (exact) mass is 254 g/mol. The van der Waals surface area contributed by atoms with Crippen LogP contribution in [0.15, 0.2) is 24.3 Å². The Morgan fingerprint density at radius 3 is 3.00 bits per heavy atom. The highest BCUT2D eigenvalue weighted by molar-refractivity contribution is 7.84. The second kappa shape index (κ2) is 4.93. The molecule has 2 rings (SSSR count). The number of benzene rings is 1. The van der Waals surface area contributed by atoms with Crippen LogP contribution < -0.4 is 5.32 Å². The molecule has 2 aromatic rings. The van der Waals surface area contributed by atoms with Crippen molar-refractivity contribution in [1.29, 1.82) is 0 Å². The van der Waals surface area contributed by atoms with Crippen LogP contribution >= 0.6 is 11.5 Å². The van der Waals surface area contributed by atoms with Crippen LogP contribution in [0.3, 0.4) is 0 Å². The van der Waals surface area contributed by atoms with Gasteiger partial charge >= 0.3 is 0 Å². The van der Waals surface area contributed by atoms with Gasteiger partial charge in [0, 0.05) is 34.2 Å². The van der Waals surface area contributed by atoms with Gasteiger partial charge in [0.05, 0.1) is 5.52 Å². The van der Waals surface area contributed by atoms with E-state index < -0.39 is 10.8 Å². The molecule has 1 aromatic carbocycles. The van der Waals surface area contributed by atoms with Gasteiger partial charge < -0.3 is 5.32 Å². The van der Waals surface area contributed by atoms with E-state index in [9.17, 15) is 4.21 Å². The number of rotatable bonds is 4. The summed E-state index contributed by atoms with van der Waals surface area (Å²) in [6, 6.07) is 8.24. The molecule has 0 saturated heterocycles. The third-order valence-corrected chi connectivity index (χ3v) is 4.02. The summed E-state index contributed by atoms with van der Waals surface area (Å²) in [6.45, 7) is 2.04. The topological polar surface area (TPSA) is 42.0 Å². The molecule has 5 heteroatoms. The molecule has 3 nitrogen and oxygen atoms in total. The number of hydrogen-bond donors (Lipinski definition) is 1. The molecule has 0 bridgehead atoms. The number of nitrogens with one attached hydrogen (secondary N) is 1. The lowest BCUT2D eigenvalue weighted by Crippen LogP contribution is -2.21. The summed E-state index contributed by atoms with van der Waals surface area (Å²) >= 11 is 1.46. The van der Waals surface area contributed by atoms with Crippen molar-refractivity contribution in [3.63, 3.8) is 0 Å². The maximum Gasteiger partial charge on any atom is 0.117 e. The minimum absolute atomic E-state index is 0.203. The molecule has 0 spiro atoms. The van der Waals surface area contributed by atoms with Gasteiger partial charge in [-0.2, -0.15) is 4.37 Å². The first kappa shape index (κ1) is 11.5. The van der Waals surface area contributed by atoms with Gasteiger partial charge in [0.1, 0.15) is 5.00 Å². The summed E-state index contributed by atoms with van der Waals surface area (Å²) in [4.78, 5) is 0. The van der Waals surface area contributed by atoms with Crippen LogP contribution in [0.1, 0.15) is 6.92 Å². The molecule has 0 aliphatic carbocycles. The van der Waals surface area contributed by atoms with Crippen LogP contribution in [0, 0.1) is 0 Å². The maximum atomic E-state index is 11.1. The Morgan fingerprint density at radius 1 is 1.50 bits per heavy atom. The van der Waals surface area contributed by atoms with Crippen molar-refractivity contribution in [3.05, 3.63) is 24.3 Å². The van der Waals surface area contributed by atoms with Crippen LogP contribution in [-0.2, 0) is 10.8 Å². The predicted octanol–water partition coefficient (Wildman–Crippen LogP) is 2.48. The van der Waals surface area contributed by atoms with Crippen molar-refractivity contribution in [2.75, 3.05) is 17.3 Å². The SMILES string of the molecule is CC(CS(C)=O)Nc1snc2ccccc12. The Bertz CT molecular complexity index is 509. The van der Waals surface area contributed by atoms with Crippen LogP contribution in [0.5, 0.6) is 0 Å². The van der Waals surface area contributed by atoms with Crippen LogP contribution in [0.2, 0.25) is 0 Å². The second-order valence-electron chi connectivity index (χ2n) is 3.81. The van der Waals surface area contributed by atoms with Crippen molar-refractivity contribution < 1.29 is 4.21 Å². The fourth-order valence-corrected chi connectivity index (χ4v) is 3.27. The van der Waals surface area contributed by atoms with Crippen LogP contribution in [-0.4, -0.2) is 26.6 Å². The Hall–Kier alpha value is -0.940. The zero-order chi connectivity index (χ0) is 11.5. The average Bonchev–Trinajstić information content (AvgIpc) is 2.61. The third kappa shape index (κ3) is 2.59. The fourth-order valence-electron chi connectivity index (χ4n) is 1.61. The van der Waals surface area contributed by atoms with Gasteiger partial charge in [0.2, 0.25) is 0 Å². The smallest absolute Gasteiger partial charge is 0.117 e. The summed E-state index contributed by atoms with van der Waals surface area (Å²) in [5, 5.41) is 5.56. The largest absolute Gasteiger partial charge is 0.372 e. The highest BCUT2D eigenvalue weighted by Crippen LogP contribution is 2.27. The van der Waals surface area contributed by atoms with Gasteiger partial charge in [-0.3, -0.25) is 4.21 Å². The molecule has 0 amide bonds. The third-order valence-electron chi connectivity index (χ3n) is 2.25. The van der Waals surface area contributed by atoms with Gasteiger partial charge in [-0.05, 0) is 30.6 Å². The number of aromatic nitrogens is 1. The molecule has 0 aliphatic heterocycles. The lowest BCUT2D eigenvalue weighted by atomic mass is 10.2. The first-order valence-corrected chi connectivity index (χ1v) is 7.58. The van der Waals surface area contributed by atoms with E-state index in [2.05, 4.69) is 15.8 Å². The van der Waals surface area contributed by atoms with Crippen molar-refractivity contribution in [2.45, 2.75) is 13.0 Å². The predicted molar refractivity (Wildman–Crippen MR) is 71.6 cm³/mol. The second-order valence-corrected chi connectivity index (χ2v) is 6.07. The van der Waals surface area contributed by atoms with Crippen molar-refractivity contribution in [3.8, 4) is 0 Å². The Morgan fingerprint density at radius 2 is 2.25 bits per heavy atom. The maximum absolute atomic E-state index is 11.1. The molecule has 1 heterocycles. The highest BCUT2D eigenvalue weighted by Gasteiger charge is 2.09. The Labute approximate surface area is 101 Å². The van der Waals surface area contributed by atoms with Crippen molar-refractivity contribution in [2.24, 2.45) is 0 Å². The first-order chi connectivity index (χ1) is 7.66. The number of fused-ring (bicyclic) bond motifs is 1. The molecule has 1 N–H and O–H groups in total. The normalized spacial score (nSPS) is 14.9. The summed E-state index contributed by atoms with van der Waals surface area (Å²) in [6.07, 6.45) is 1.73. The fraction of sp³-hybridized carbons (Fsp3) is 0.364. The summed E-state index contributed by atoms with van der Waals surface area (Å²) in [5.41, 5.74) is 1.01. The van der Waals surface area contributed by atoms with E-state index in [-0.39, 0.29) is 6.04 Å². The van der Waals surface area contributed by atoms with E-state index >= 15 is 0 Å². The van der Waals surface area contributed by atoms with Gasteiger partial charge in [-0.25, -0.2) is 0 Å². The first-order valence-electron chi connectivity index (χ1n) is 5.08. The zero-order valence-corrected chi connectivity index (χ0v) is 10.9. The quantitative estimate of drug-likeness (QED) is 0.911. The van der Waals surface area contributed by atoms with Gasteiger partial charge in [0.15, 0.2) is 0 Å². The molecule has 2 atom stereocenters. The van der Waals surface area contributed by atoms with E-state index in [4.69, 9.17) is 0 Å². The van der Waals surface area contributed by atoms with E-state index in [1.165, 1.54) is 11.5 Å². The lowest BCUT2D eigenvalue weighted by Gasteiger charge is -2.11. The van der Waals surface area contributed by atoms with Gasteiger partial charge in [-0.15, -0.1) is 0 Å². The minimum atomic E-state index is -0.769. The number of nitrogens with zero attached hydrogens (tertiary/aromatic N) is 1. The van der Waals surface area contributed by atoms with E-state index in [0.29, 0.717) is 5.75 Å². The van der Waals surface area contributed by atoms with E-state index in [1.807, 2.05) is 25.1 Å². The molecular weight excluding hydrogens is 240 g/mol. The van der Waals surface area contributed by atoms with Crippen molar-refractivity contribution >= 4 is 38.2 Å². The molecule has 86 valence electrons. The highest BCUT2D eigenvalue weighted by atomic mass is 32.2. The Kier molecular flexibility index (Phi) is 3.56. The Balaban J connectivity index is 2.18. The molecule has 2 unspecified atom stereocenters. The standard InChI is InChI=1S/C11H14N2OS2/c1-8(7-16(2)14)12-11-9-5-3-4-6-10(9)13-15-11/h3-6,8,12H,7H2,1-2H3. The average molecular weight is 254 g/mol. The van der Waals surface area contributed by atoms with E-state index in [1.54, 1.807) is 6.26 Å². The zero-order valence-electron chi connectivity index (χ0n) is 9.27. The molecule has 0 saturated carbocycles. The van der Waals surface area contributed by atoms with Gasteiger partial charge in [0.25, 0.3) is 0 Å². The van der Waals surface area contributed by atoms with E-state index in [0.717, 1.165) is 15.9 Å². The molecule has 1 aromatic heterocycles. The van der Waals surface area contributed by atoms with Crippen LogP contribution in [0.25, 0.3) is 10.9 Å².